The van der Waals surface area contributed by atoms with Crippen LogP contribution in [0.2, 0.25) is 0 Å². The number of rotatable bonds is 5. The van der Waals surface area contributed by atoms with Gasteiger partial charge in [-0.25, -0.2) is 15.0 Å². The number of nitrogens with zero attached hydrogens (tertiary/aromatic N) is 4. The first kappa shape index (κ1) is 15.5. The molecule has 0 aliphatic rings. The van der Waals surface area contributed by atoms with E-state index in [1.807, 2.05) is 16.8 Å². The number of carboxylic acid groups (broad SMARTS) is 1. The Bertz CT molecular complexity index is 620. The summed E-state index contributed by atoms with van der Waals surface area (Å²) in [5, 5.41) is 9.54. The molecule has 1 N–H and O–H groups in total. The smallest absolute Gasteiger partial charge is 0.313 e. The number of carboxylic acids is 1. The summed E-state index contributed by atoms with van der Waals surface area (Å²) in [6.07, 6.45) is 5.01. The fourth-order valence-electron chi connectivity index (χ4n) is 1.93. The summed E-state index contributed by atoms with van der Waals surface area (Å²) < 4.78 is 2.02. The minimum atomic E-state index is -0.853. The lowest BCUT2D eigenvalue weighted by atomic mass is 9.92. The largest absolute Gasteiger partial charge is 0.481 e. The second-order valence-electron chi connectivity index (χ2n) is 5.65. The molecule has 2 heterocycles. The topological polar surface area (TPSA) is 80.9 Å². The maximum Gasteiger partial charge on any atom is 0.313 e. The molecule has 0 saturated carbocycles. The van der Waals surface area contributed by atoms with E-state index in [1.54, 1.807) is 6.20 Å². The van der Waals surface area contributed by atoms with E-state index in [2.05, 4.69) is 35.7 Å². The number of thioether (sulfide) groups is 1. The van der Waals surface area contributed by atoms with Gasteiger partial charge in [0.15, 0.2) is 5.16 Å². The Morgan fingerprint density at radius 2 is 2.14 bits per heavy atom. The molecule has 2 aromatic heterocycles. The molecule has 0 fully saturated rings. The molecule has 2 aromatic rings. The quantitative estimate of drug-likeness (QED) is 0.853. The first-order valence-corrected chi connectivity index (χ1v) is 7.52. The SMILES string of the molecule is CC(C)(C)c1cnc(SCC(=O)O)n1Cc1ccncn1. The van der Waals surface area contributed by atoms with Crippen molar-refractivity contribution < 1.29 is 9.90 Å². The second kappa shape index (κ2) is 6.26. The van der Waals surface area contributed by atoms with Gasteiger partial charge in [0.05, 0.1) is 18.0 Å². The molecule has 0 radical (unpaired) electrons. The van der Waals surface area contributed by atoms with E-state index in [1.165, 1.54) is 18.1 Å². The van der Waals surface area contributed by atoms with Crippen molar-refractivity contribution in [3.05, 3.63) is 36.2 Å². The predicted octanol–water partition coefficient (Wildman–Crippen LogP) is 2.20. The Balaban J connectivity index is 2.34. The van der Waals surface area contributed by atoms with Gasteiger partial charge >= 0.3 is 5.97 Å². The number of aromatic nitrogens is 4. The van der Waals surface area contributed by atoms with E-state index in [-0.39, 0.29) is 11.2 Å². The monoisotopic (exact) mass is 306 g/mol. The summed E-state index contributed by atoms with van der Waals surface area (Å²) in [6.45, 7) is 6.86. The Morgan fingerprint density at radius 1 is 1.38 bits per heavy atom. The van der Waals surface area contributed by atoms with Crippen LogP contribution in [0.4, 0.5) is 0 Å². The first-order valence-electron chi connectivity index (χ1n) is 6.53. The molecule has 7 heteroatoms. The molecule has 0 bridgehead atoms. The van der Waals surface area contributed by atoms with Crippen molar-refractivity contribution in [1.82, 2.24) is 19.5 Å². The van der Waals surface area contributed by atoms with E-state index < -0.39 is 5.97 Å². The summed E-state index contributed by atoms with van der Waals surface area (Å²) in [7, 11) is 0. The Hall–Kier alpha value is -1.89. The van der Waals surface area contributed by atoms with Crippen LogP contribution in [-0.2, 0) is 16.8 Å². The lowest BCUT2D eigenvalue weighted by Gasteiger charge is -2.21. The van der Waals surface area contributed by atoms with E-state index in [0.29, 0.717) is 11.7 Å². The van der Waals surface area contributed by atoms with Crippen LogP contribution in [0.5, 0.6) is 0 Å². The van der Waals surface area contributed by atoms with Gasteiger partial charge < -0.3 is 9.67 Å². The van der Waals surface area contributed by atoms with E-state index in [0.717, 1.165) is 11.4 Å². The highest BCUT2D eigenvalue weighted by Crippen LogP contribution is 2.28. The van der Waals surface area contributed by atoms with Crippen LogP contribution in [0, 0.1) is 0 Å². The minimum Gasteiger partial charge on any atom is -0.481 e. The molecule has 0 amide bonds. The maximum absolute atomic E-state index is 10.8. The van der Waals surface area contributed by atoms with Crippen LogP contribution in [0.25, 0.3) is 0 Å². The van der Waals surface area contributed by atoms with Crippen molar-refractivity contribution in [2.75, 3.05) is 5.75 Å². The van der Waals surface area contributed by atoms with Crippen molar-refractivity contribution >= 4 is 17.7 Å². The van der Waals surface area contributed by atoms with Crippen molar-refractivity contribution in [3.8, 4) is 0 Å². The standard InChI is InChI=1S/C14H18N4O2S/c1-14(2,3)11-6-16-13(21-8-12(19)20)18(11)7-10-4-5-15-9-17-10/h4-6,9H,7-8H2,1-3H3,(H,19,20). The van der Waals surface area contributed by atoms with Crippen LogP contribution < -0.4 is 0 Å². The molecule has 0 saturated heterocycles. The van der Waals surface area contributed by atoms with Crippen LogP contribution in [0.15, 0.2) is 29.9 Å². The maximum atomic E-state index is 10.8. The van der Waals surface area contributed by atoms with Gasteiger partial charge in [0, 0.05) is 23.5 Å². The van der Waals surface area contributed by atoms with Crippen molar-refractivity contribution in [2.45, 2.75) is 37.9 Å². The summed E-state index contributed by atoms with van der Waals surface area (Å²) in [5.41, 5.74) is 1.84. The third-order valence-corrected chi connectivity index (χ3v) is 3.85. The number of imidazole rings is 1. The average molecular weight is 306 g/mol. The van der Waals surface area contributed by atoms with Gasteiger partial charge in [0.25, 0.3) is 0 Å². The zero-order chi connectivity index (χ0) is 15.5. The lowest BCUT2D eigenvalue weighted by molar-refractivity contribution is -0.133. The third kappa shape index (κ3) is 4.04. The minimum absolute atomic E-state index is 0.00955. The molecule has 21 heavy (non-hydrogen) atoms. The zero-order valence-corrected chi connectivity index (χ0v) is 13.1. The molecule has 0 spiro atoms. The van der Waals surface area contributed by atoms with E-state index >= 15 is 0 Å². The molecule has 2 rings (SSSR count). The first-order chi connectivity index (χ1) is 9.88. The molecule has 6 nitrogen and oxygen atoms in total. The Labute approximate surface area is 127 Å². The van der Waals surface area contributed by atoms with Gasteiger partial charge in [-0.05, 0) is 6.07 Å². The average Bonchev–Trinajstić information content (AvgIpc) is 2.80. The summed E-state index contributed by atoms with van der Waals surface area (Å²) >= 11 is 1.22. The van der Waals surface area contributed by atoms with Crippen LogP contribution >= 0.6 is 11.8 Å². The number of hydrogen-bond acceptors (Lipinski definition) is 5. The third-order valence-electron chi connectivity index (χ3n) is 2.88. The van der Waals surface area contributed by atoms with E-state index in [9.17, 15) is 4.79 Å². The van der Waals surface area contributed by atoms with E-state index in [4.69, 9.17) is 5.11 Å². The van der Waals surface area contributed by atoms with Crippen molar-refractivity contribution in [1.29, 1.82) is 0 Å². The molecule has 0 aliphatic carbocycles. The highest BCUT2D eigenvalue weighted by Gasteiger charge is 2.22. The van der Waals surface area contributed by atoms with Crippen LogP contribution in [0.3, 0.4) is 0 Å². The molecule has 0 unspecified atom stereocenters. The van der Waals surface area contributed by atoms with Gasteiger partial charge in [0.1, 0.15) is 6.33 Å². The number of hydrogen-bond donors (Lipinski definition) is 1. The fourth-order valence-corrected chi connectivity index (χ4v) is 2.62. The summed E-state index contributed by atoms with van der Waals surface area (Å²) in [5.74, 6) is -0.862. The second-order valence-corrected chi connectivity index (χ2v) is 6.59. The fraction of sp³-hybridized carbons (Fsp3) is 0.429. The summed E-state index contributed by atoms with van der Waals surface area (Å²) in [4.78, 5) is 23.3. The molecular weight excluding hydrogens is 288 g/mol. The number of aliphatic carboxylic acids is 1. The molecule has 0 aliphatic heterocycles. The van der Waals surface area contributed by atoms with Crippen LogP contribution in [0.1, 0.15) is 32.2 Å². The predicted molar refractivity (Wildman–Crippen MR) is 80.4 cm³/mol. The van der Waals surface area contributed by atoms with Crippen molar-refractivity contribution in [3.63, 3.8) is 0 Å². The van der Waals surface area contributed by atoms with Gasteiger partial charge in [-0.15, -0.1) is 0 Å². The zero-order valence-electron chi connectivity index (χ0n) is 12.3. The number of carbonyl (C=O) groups is 1. The van der Waals surface area contributed by atoms with Gasteiger partial charge in [0.2, 0.25) is 0 Å². The molecular formula is C14H18N4O2S. The highest BCUT2D eigenvalue weighted by molar-refractivity contribution is 7.99. The highest BCUT2D eigenvalue weighted by atomic mass is 32.2. The molecule has 0 aromatic carbocycles. The Kier molecular flexibility index (Phi) is 4.62. The summed E-state index contributed by atoms with van der Waals surface area (Å²) in [6, 6.07) is 1.85. The Morgan fingerprint density at radius 3 is 2.71 bits per heavy atom. The normalized spacial score (nSPS) is 11.6. The van der Waals surface area contributed by atoms with Crippen LogP contribution in [-0.4, -0.2) is 36.3 Å². The molecule has 112 valence electrons. The van der Waals surface area contributed by atoms with Gasteiger partial charge in [-0.2, -0.15) is 0 Å². The van der Waals surface area contributed by atoms with Crippen molar-refractivity contribution in [2.24, 2.45) is 0 Å². The lowest BCUT2D eigenvalue weighted by Crippen LogP contribution is -2.19. The van der Waals surface area contributed by atoms with Gasteiger partial charge in [-0.3, -0.25) is 4.79 Å². The molecule has 0 atom stereocenters. The van der Waals surface area contributed by atoms with Gasteiger partial charge in [-0.1, -0.05) is 32.5 Å².